The van der Waals surface area contributed by atoms with Gasteiger partial charge in [-0.25, -0.2) is 0 Å². The summed E-state index contributed by atoms with van der Waals surface area (Å²) in [6, 6.07) is 4.69. The highest BCUT2D eigenvalue weighted by atomic mass is 35.5. The largest absolute Gasteiger partial charge is 0.508 e. The standard InChI is InChI=1S/C12H15ClO2/c1-8(2)5-11(15)6-9-3-4-10(14)7-12(9)13/h3-4,7-8,14H,5-6H2,1-2H3. The molecule has 0 heterocycles. The Morgan fingerprint density at radius 2 is 2.13 bits per heavy atom. The summed E-state index contributed by atoms with van der Waals surface area (Å²) < 4.78 is 0. The van der Waals surface area contributed by atoms with Gasteiger partial charge in [0, 0.05) is 17.9 Å². The number of aromatic hydroxyl groups is 1. The van der Waals surface area contributed by atoms with Gasteiger partial charge in [0.05, 0.1) is 0 Å². The van der Waals surface area contributed by atoms with E-state index in [1.807, 2.05) is 13.8 Å². The molecule has 0 amide bonds. The summed E-state index contributed by atoms with van der Waals surface area (Å²) in [5.74, 6) is 0.672. The van der Waals surface area contributed by atoms with Crippen molar-refractivity contribution in [2.75, 3.05) is 0 Å². The third-order valence-corrected chi connectivity index (χ3v) is 2.41. The number of phenolic OH excluding ortho intramolecular Hbond substituents is 1. The van der Waals surface area contributed by atoms with Gasteiger partial charge in [0.15, 0.2) is 0 Å². The Morgan fingerprint density at radius 1 is 1.47 bits per heavy atom. The van der Waals surface area contributed by atoms with Gasteiger partial charge in [-0.3, -0.25) is 4.79 Å². The van der Waals surface area contributed by atoms with Crippen molar-refractivity contribution < 1.29 is 9.90 Å². The number of carbonyl (C=O) groups is 1. The number of Topliss-reactive ketones (excluding diaryl/α,β-unsaturated/α-hetero) is 1. The molecule has 82 valence electrons. The summed E-state index contributed by atoms with van der Waals surface area (Å²) in [5, 5.41) is 9.60. The van der Waals surface area contributed by atoms with Crippen LogP contribution in [0.1, 0.15) is 25.8 Å². The van der Waals surface area contributed by atoms with E-state index >= 15 is 0 Å². The smallest absolute Gasteiger partial charge is 0.137 e. The Hall–Kier alpha value is -1.02. The van der Waals surface area contributed by atoms with Crippen LogP contribution in [-0.2, 0) is 11.2 Å². The van der Waals surface area contributed by atoms with Crippen molar-refractivity contribution in [2.45, 2.75) is 26.7 Å². The molecule has 2 nitrogen and oxygen atoms in total. The molecule has 0 atom stereocenters. The van der Waals surface area contributed by atoms with Crippen molar-refractivity contribution in [2.24, 2.45) is 5.92 Å². The molecule has 0 unspecified atom stereocenters. The number of phenols is 1. The van der Waals surface area contributed by atoms with E-state index in [1.165, 1.54) is 6.07 Å². The van der Waals surface area contributed by atoms with E-state index in [4.69, 9.17) is 16.7 Å². The first-order valence-corrected chi connectivity index (χ1v) is 5.36. The van der Waals surface area contributed by atoms with Gasteiger partial charge in [-0.2, -0.15) is 0 Å². The van der Waals surface area contributed by atoms with Gasteiger partial charge >= 0.3 is 0 Å². The minimum Gasteiger partial charge on any atom is -0.508 e. The van der Waals surface area contributed by atoms with Crippen LogP contribution in [-0.4, -0.2) is 10.9 Å². The topological polar surface area (TPSA) is 37.3 Å². The molecule has 3 heteroatoms. The molecular weight excluding hydrogens is 212 g/mol. The third kappa shape index (κ3) is 3.92. The quantitative estimate of drug-likeness (QED) is 0.856. The predicted octanol–water partition coefficient (Wildman–Crippen LogP) is 3.20. The number of hydrogen-bond donors (Lipinski definition) is 1. The van der Waals surface area contributed by atoms with Gasteiger partial charge in [0.2, 0.25) is 0 Å². The minimum absolute atomic E-state index is 0.125. The second kappa shape index (κ2) is 5.17. The maximum atomic E-state index is 11.5. The zero-order chi connectivity index (χ0) is 11.4. The molecule has 0 spiro atoms. The third-order valence-electron chi connectivity index (χ3n) is 2.06. The first kappa shape index (κ1) is 12.1. The molecular formula is C12H15ClO2. The lowest BCUT2D eigenvalue weighted by Crippen LogP contribution is -2.06. The lowest BCUT2D eigenvalue weighted by molar-refractivity contribution is -0.119. The Labute approximate surface area is 94.9 Å². The second-order valence-corrected chi connectivity index (χ2v) is 4.50. The van der Waals surface area contributed by atoms with E-state index in [0.717, 1.165) is 5.56 Å². The van der Waals surface area contributed by atoms with Gasteiger partial charge in [-0.15, -0.1) is 0 Å². The summed E-state index contributed by atoms with van der Waals surface area (Å²) in [7, 11) is 0. The van der Waals surface area contributed by atoms with Crippen LogP contribution in [0, 0.1) is 5.92 Å². The average molecular weight is 227 g/mol. The number of ketones is 1. The Kier molecular flexibility index (Phi) is 4.15. The molecule has 0 radical (unpaired) electrons. The summed E-state index contributed by atoms with van der Waals surface area (Å²) in [6.45, 7) is 4.02. The molecule has 1 aromatic carbocycles. The van der Waals surface area contributed by atoms with Crippen LogP contribution < -0.4 is 0 Å². The maximum absolute atomic E-state index is 11.5. The molecule has 1 aromatic rings. The van der Waals surface area contributed by atoms with E-state index in [-0.39, 0.29) is 11.5 Å². The van der Waals surface area contributed by atoms with E-state index in [0.29, 0.717) is 23.8 Å². The summed E-state index contributed by atoms with van der Waals surface area (Å²) in [5.41, 5.74) is 0.778. The molecule has 0 saturated carbocycles. The van der Waals surface area contributed by atoms with Crippen molar-refractivity contribution in [3.63, 3.8) is 0 Å². The SMILES string of the molecule is CC(C)CC(=O)Cc1ccc(O)cc1Cl. The molecule has 0 aliphatic heterocycles. The highest BCUT2D eigenvalue weighted by molar-refractivity contribution is 6.31. The van der Waals surface area contributed by atoms with Crippen molar-refractivity contribution in [3.8, 4) is 5.75 Å². The normalized spacial score (nSPS) is 10.7. The van der Waals surface area contributed by atoms with Crippen molar-refractivity contribution in [1.29, 1.82) is 0 Å². The molecule has 0 aliphatic carbocycles. The van der Waals surface area contributed by atoms with Crippen LogP contribution >= 0.6 is 11.6 Å². The van der Waals surface area contributed by atoms with Crippen LogP contribution in [0.3, 0.4) is 0 Å². The van der Waals surface area contributed by atoms with Gasteiger partial charge in [0.1, 0.15) is 11.5 Å². The molecule has 0 saturated heterocycles. The lowest BCUT2D eigenvalue weighted by Gasteiger charge is -2.06. The van der Waals surface area contributed by atoms with E-state index in [1.54, 1.807) is 12.1 Å². The fourth-order valence-electron chi connectivity index (χ4n) is 1.42. The van der Waals surface area contributed by atoms with Gasteiger partial charge in [0.25, 0.3) is 0 Å². The highest BCUT2D eigenvalue weighted by Gasteiger charge is 2.09. The highest BCUT2D eigenvalue weighted by Crippen LogP contribution is 2.22. The predicted molar refractivity (Wildman–Crippen MR) is 61.3 cm³/mol. The molecule has 1 N–H and O–H groups in total. The maximum Gasteiger partial charge on any atom is 0.137 e. The van der Waals surface area contributed by atoms with Crippen LogP contribution in [0.25, 0.3) is 0 Å². The molecule has 0 bridgehead atoms. The van der Waals surface area contributed by atoms with Crippen LogP contribution in [0.15, 0.2) is 18.2 Å². The van der Waals surface area contributed by atoms with E-state index < -0.39 is 0 Å². The molecule has 1 rings (SSSR count). The fraction of sp³-hybridized carbons (Fsp3) is 0.417. The average Bonchev–Trinajstić information content (AvgIpc) is 2.08. The molecule has 0 aromatic heterocycles. The number of hydrogen-bond acceptors (Lipinski definition) is 2. The molecule has 15 heavy (non-hydrogen) atoms. The van der Waals surface area contributed by atoms with Crippen LogP contribution in [0.2, 0.25) is 5.02 Å². The summed E-state index contributed by atoms with van der Waals surface area (Å²) in [6.07, 6.45) is 0.911. The number of carbonyl (C=O) groups excluding carboxylic acids is 1. The number of rotatable bonds is 4. The zero-order valence-electron chi connectivity index (χ0n) is 8.96. The van der Waals surface area contributed by atoms with Gasteiger partial charge in [-0.1, -0.05) is 31.5 Å². The van der Waals surface area contributed by atoms with Gasteiger partial charge < -0.3 is 5.11 Å². The number of benzene rings is 1. The Morgan fingerprint density at radius 3 is 2.67 bits per heavy atom. The van der Waals surface area contributed by atoms with Crippen molar-refractivity contribution in [1.82, 2.24) is 0 Å². The minimum atomic E-state index is 0.125. The van der Waals surface area contributed by atoms with E-state index in [2.05, 4.69) is 0 Å². The monoisotopic (exact) mass is 226 g/mol. The Balaban J connectivity index is 2.68. The van der Waals surface area contributed by atoms with Crippen molar-refractivity contribution >= 4 is 17.4 Å². The molecule has 0 aliphatic rings. The van der Waals surface area contributed by atoms with Gasteiger partial charge in [-0.05, 0) is 23.6 Å². The van der Waals surface area contributed by atoms with Crippen LogP contribution in [0.4, 0.5) is 0 Å². The van der Waals surface area contributed by atoms with E-state index in [9.17, 15) is 4.79 Å². The lowest BCUT2D eigenvalue weighted by atomic mass is 10.0. The summed E-state index contributed by atoms with van der Waals surface area (Å²) in [4.78, 5) is 11.5. The first-order valence-electron chi connectivity index (χ1n) is 4.98. The Bertz CT molecular complexity index is 359. The molecule has 0 fully saturated rings. The van der Waals surface area contributed by atoms with Crippen LogP contribution in [0.5, 0.6) is 5.75 Å². The zero-order valence-corrected chi connectivity index (χ0v) is 9.71. The number of halogens is 1. The fourth-order valence-corrected chi connectivity index (χ4v) is 1.66. The second-order valence-electron chi connectivity index (χ2n) is 4.09. The first-order chi connectivity index (χ1) is 6.99. The summed E-state index contributed by atoms with van der Waals surface area (Å²) >= 11 is 5.90. The van der Waals surface area contributed by atoms with Crippen molar-refractivity contribution in [3.05, 3.63) is 28.8 Å².